The van der Waals surface area contributed by atoms with Crippen LogP contribution < -0.4 is 10.3 Å². The quantitative estimate of drug-likeness (QED) is 0.442. The topological polar surface area (TPSA) is 87.7 Å². The van der Waals surface area contributed by atoms with Crippen molar-refractivity contribution in [3.63, 3.8) is 0 Å². The molecule has 1 atom stereocenters. The number of fused-ring (bicyclic) bond motifs is 1. The number of H-pyrrole nitrogens is 1. The lowest BCUT2D eigenvalue weighted by molar-refractivity contribution is -0.00834. The summed E-state index contributed by atoms with van der Waals surface area (Å²) in [5, 5.41) is 12.8. The number of ether oxygens (including phenoxy) is 2. The molecule has 0 saturated carbocycles. The number of hydrogen-bond acceptors (Lipinski definition) is 7. The molecule has 2 heterocycles. The van der Waals surface area contributed by atoms with Gasteiger partial charge in [0.2, 0.25) is 0 Å². The van der Waals surface area contributed by atoms with Crippen LogP contribution in [0.1, 0.15) is 19.7 Å². The second kappa shape index (κ2) is 10.7. The van der Waals surface area contributed by atoms with E-state index < -0.39 is 6.10 Å². The summed E-state index contributed by atoms with van der Waals surface area (Å²) in [5.74, 6) is 1.25. The zero-order valence-electron chi connectivity index (χ0n) is 18.1. The summed E-state index contributed by atoms with van der Waals surface area (Å²) < 4.78 is 10.9. The van der Waals surface area contributed by atoms with Crippen molar-refractivity contribution in [3.05, 3.63) is 58.5 Å². The molecule has 0 fully saturated rings. The van der Waals surface area contributed by atoms with Crippen LogP contribution in [0.3, 0.4) is 0 Å². The molecule has 0 radical (unpaired) electrons. The monoisotopic (exact) mass is 443 g/mol. The molecule has 2 aromatic heterocycles. The third kappa shape index (κ3) is 5.80. The van der Waals surface area contributed by atoms with Crippen LogP contribution in [0, 0.1) is 0 Å². The predicted molar refractivity (Wildman–Crippen MR) is 125 cm³/mol. The van der Waals surface area contributed by atoms with E-state index in [1.54, 1.807) is 13.2 Å². The molecule has 3 aromatic rings. The van der Waals surface area contributed by atoms with E-state index >= 15 is 0 Å². The fourth-order valence-electron chi connectivity index (χ4n) is 3.39. The number of nitrogens with one attached hydrogen (secondary N) is 1. The molecule has 0 aliphatic rings. The van der Waals surface area contributed by atoms with Gasteiger partial charge in [0.25, 0.3) is 5.56 Å². The average molecular weight is 444 g/mol. The summed E-state index contributed by atoms with van der Waals surface area (Å²) in [5.41, 5.74) is 1.48. The second-order valence-corrected chi connectivity index (χ2v) is 8.42. The Balaban J connectivity index is 1.85. The first-order chi connectivity index (χ1) is 14.9. The number of methoxy groups -OCH3 is 1. The Labute approximate surface area is 186 Å². The lowest BCUT2D eigenvalue weighted by Crippen LogP contribution is -2.36. The number of aliphatic hydroxyl groups is 1. The molecule has 3 rings (SSSR count). The minimum Gasteiger partial charge on any atom is -0.496 e. The zero-order valence-corrected chi connectivity index (χ0v) is 18.9. The summed E-state index contributed by atoms with van der Waals surface area (Å²) in [4.78, 5) is 23.2. The summed E-state index contributed by atoms with van der Waals surface area (Å²) in [7, 11) is 1.61. The molecule has 8 heteroatoms. The third-order valence-corrected chi connectivity index (χ3v) is 5.61. The molecule has 0 unspecified atom stereocenters. The van der Waals surface area contributed by atoms with Crippen LogP contribution in [-0.4, -0.2) is 59.0 Å². The number of para-hydroxylation sites is 1. The van der Waals surface area contributed by atoms with Crippen molar-refractivity contribution in [2.24, 2.45) is 0 Å². The Hall–Kier alpha value is -2.52. The van der Waals surface area contributed by atoms with Gasteiger partial charge in [-0.25, -0.2) is 4.98 Å². The number of thiophene rings is 1. The Kier molecular flexibility index (Phi) is 7.97. The van der Waals surface area contributed by atoms with Crippen LogP contribution in [-0.2, 0) is 11.3 Å². The largest absolute Gasteiger partial charge is 0.496 e. The Bertz CT molecular complexity index is 1080. The van der Waals surface area contributed by atoms with E-state index in [4.69, 9.17) is 9.47 Å². The lowest BCUT2D eigenvalue weighted by Gasteiger charge is -2.23. The minimum atomic E-state index is -0.642. The summed E-state index contributed by atoms with van der Waals surface area (Å²) >= 11 is 1.43. The molecule has 0 saturated heterocycles. The number of benzene rings is 1. The maximum absolute atomic E-state index is 13.0. The van der Waals surface area contributed by atoms with Crippen LogP contribution >= 0.6 is 11.3 Å². The van der Waals surface area contributed by atoms with Crippen LogP contribution in [0.2, 0.25) is 0 Å². The SMILES string of the molecule is C=CCN(Cc1nc2scc(-c3ccccc3OC)c2c(=O)[nH]1)C[C@H](O)COC(C)C. The van der Waals surface area contributed by atoms with Crippen molar-refractivity contribution in [1.29, 1.82) is 0 Å². The number of hydrogen-bond donors (Lipinski definition) is 2. The van der Waals surface area contributed by atoms with Gasteiger partial charge in [-0.15, -0.1) is 17.9 Å². The fraction of sp³-hybridized carbons (Fsp3) is 0.391. The van der Waals surface area contributed by atoms with Gasteiger partial charge < -0.3 is 19.6 Å². The molecular weight excluding hydrogens is 414 g/mol. The highest BCUT2D eigenvalue weighted by Crippen LogP contribution is 2.36. The standard InChI is InChI=1S/C23H29N3O4S/c1-5-10-26(11-16(27)13-30-15(2)3)12-20-24-22(28)21-18(14-31-23(21)25-20)17-8-6-7-9-19(17)29-4/h5-9,14-16,27H,1,10-13H2,2-4H3,(H,24,25,28)/t16-/m0/s1. The van der Waals surface area contributed by atoms with Gasteiger partial charge in [-0.1, -0.05) is 24.3 Å². The molecule has 7 nitrogen and oxygen atoms in total. The van der Waals surface area contributed by atoms with Gasteiger partial charge >= 0.3 is 0 Å². The van der Waals surface area contributed by atoms with Crippen molar-refractivity contribution < 1.29 is 14.6 Å². The highest BCUT2D eigenvalue weighted by molar-refractivity contribution is 7.17. The first-order valence-electron chi connectivity index (χ1n) is 10.2. The smallest absolute Gasteiger partial charge is 0.260 e. The maximum atomic E-state index is 13.0. The van der Waals surface area contributed by atoms with Crippen LogP contribution in [0.4, 0.5) is 0 Å². The van der Waals surface area contributed by atoms with Crippen LogP contribution in [0.15, 0.2) is 47.1 Å². The van der Waals surface area contributed by atoms with Crippen LogP contribution in [0.25, 0.3) is 21.3 Å². The van der Waals surface area contributed by atoms with E-state index in [1.165, 1.54) is 11.3 Å². The molecule has 0 amide bonds. The summed E-state index contributed by atoms with van der Waals surface area (Å²) in [6.45, 7) is 9.22. The van der Waals surface area contributed by atoms with Gasteiger partial charge in [0.15, 0.2) is 0 Å². The molecule has 1 aromatic carbocycles. The van der Waals surface area contributed by atoms with Crippen molar-refractivity contribution >= 4 is 21.6 Å². The first-order valence-corrected chi connectivity index (χ1v) is 11.1. The molecule has 31 heavy (non-hydrogen) atoms. The van der Waals surface area contributed by atoms with Crippen molar-refractivity contribution in [3.8, 4) is 16.9 Å². The normalized spacial score (nSPS) is 12.6. The molecule has 0 aliphatic carbocycles. The van der Waals surface area contributed by atoms with Gasteiger partial charge in [-0.2, -0.15) is 0 Å². The number of aromatic amines is 1. The van der Waals surface area contributed by atoms with E-state index in [0.29, 0.717) is 41.4 Å². The van der Waals surface area contributed by atoms with E-state index in [2.05, 4.69) is 16.5 Å². The highest BCUT2D eigenvalue weighted by Gasteiger charge is 2.18. The Morgan fingerprint density at radius 1 is 1.32 bits per heavy atom. The van der Waals surface area contributed by atoms with Gasteiger partial charge in [0, 0.05) is 29.6 Å². The number of aliphatic hydroxyl groups excluding tert-OH is 1. The van der Waals surface area contributed by atoms with Gasteiger partial charge in [0.1, 0.15) is 16.4 Å². The van der Waals surface area contributed by atoms with Gasteiger partial charge in [-0.05, 0) is 19.9 Å². The van der Waals surface area contributed by atoms with Gasteiger partial charge in [-0.3, -0.25) is 9.69 Å². The van der Waals surface area contributed by atoms with E-state index in [-0.39, 0.29) is 18.3 Å². The first kappa shape index (κ1) is 23.1. The fourth-order valence-corrected chi connectivity index (χ4v) is 4.34. The Morgan fingerprint density at radius 3 is 2.81 bits per heavy atom. The van der Waals surface area contributed by atoms with Crippen molar-refractivity contribution in [2.75, 3.05) is 26.8 Å². The Morgan fingerprint density at radius 2 is 2.10 bits per heavy atom. The number of aromatic nitrogens is 2. The van der Waals surface area contributed by atoms with Gasteiger partial charge in [0.05, 0.1) is 37.9 Å². The lowest BCUT2D eigenvalue weighted by atomic mass is 10.1. The minimum absolute atomic E-state index is 0.0548. The zero-order chi connectivity index (χ0) is 22.4. The molecule has 2 N–H and O–H groups in total. The maximum Gasteiger partial charge on any atom is 0.260 e. The highest BCUT2D eigenvalue weighted by atomic mass is 32.1. The molecule has 0 spiro atoms. The number of rotatable bonds is 11. The van der Waals surface area contributed by atoms with Crippen molar-refractivity contribution in [2.45, 2.75) is 32.6 Å². The van der Waals surface area contributed by atoms with Crippen molar-refractivity contribution in [1.82, 2.24) is 14.9 Å². The number of nitrogens with zero attached hydrogens (tertiary/aromatic N) is 2. The summed E-state index contributed by atoms with van der Waals surface area (Å²) in [6, 6.07) is 7.61. The van der Waals surface area contributed by atoms with Crippen LogP contribution in [0.5, 0.6) is 5.75 Å². The molecule has 0 aliphatic heterocycles. The molecule has 0 bridgehead atoms. The van der Waals surface area contributed by atoms with E-state index in [0.717, 1.165) is 11.1 Å². The predicted octanol–water partition coefficient (Wildman–Crippen LogP) is 3.43. The van der Waals surface area contributed by atoms with E-state index in [9.17, 15) is 9.90 Å². The second-order valence-electron chi connectivity index (χ2n) is 7.56. The average Bonchev–Trinajstić information content (AvgIpc) is 3.16. The third-order valence-electron chi connectivity index (χ3n) is 4.74. The summed E-state index contributed by atoms with van der Waals surface area (Å²) in [6.07, 6.45) is 1.17. The molecular formula is C23H29N3O4S. The molecule has 166 valence electrons. The van der Waals surface area contributed by atoms with E-state index in [1.807, 2.05) is 48.4 Å².